The van der Waals surface area contributed by atoms with E-state index in [1.54, 1.807) is 0 Å². The molecule has 0 aliphatic carbocycles. The lowest BCUT2D eigenvalue weighted by Gasteiger charge is -2.10. The van der Waals surface area contributed by atoms with Crippen molar-refractivity contribution in [3.05, 3.63) is 59.2 Å². The number of anilines is 2. The van der Waals surface area contributed by atoms with Gasteiger partial charge in [-0.2, -0.15) is 0 Å². The Morgan fingerprint density at radius 3 is 2.30 bits per heavy atom. The molecule has 0 saturated heterocycles. The van der Waals surface area contributed by atoms with E-state index in [9.17, 15) is 4.79 Å². The molecule has 3 heteroatoms. The number of hydrogen-bond donors (Lipinski definition) is 2. The molecular weight excluding hydrogens is 248 g/mol. The summed E-state index contributed by atoms with van der Waals surface area (Å²) in [6.07, 6.45) is 0. The van der Waals surface area contributed by atoms with Crippen LogP contribution in [0.5, 0.6) is 0 Å². The third-order valence-electron chi connectivity index (χ3n) is 3.09. The van der Waals surface area contributed by atoms with Gasteiger partial charge in [0.05, 0.1) is 6.54 Å². The normalized spacial score (nSPS) is 10.2. The third-order valence-corrected chi connectivity index (χ3v) is 3.09. The Kier molecular flexibility index (Phi) is 4.41. The van der Waals surface area contributed by atoms with Crippen molar-refractivity contribution >= 4 is 17.3 Å². The predicted octanol–water partition coefficient (Wildman–Crippen LogP) is 3.66. The van der Waals surface area contributed by atoms with E-state index >= 15 is 0 Å². The maximum absolute atomic E-state index is 11.9. The standard InChI is InChI=1S/C17H20N2O/c1-12-8-13(2)10-15(9-12)19-17(20)11-18-16-7-5-4-6-14(16)3/h4-10,18H,11H2,1-3H3,(H,19,20). The van der Waals surface area contributed by atoms with Gasteiger partial charge in [-0.05, 0) is 55.7 Å². The summed E-state index contributed by atoms with van der Waals surface area (Å²) in [5.74, 6) is -0.0433. The Morgan fingerprint density at radius 2 is 1.65 bits per heavy atom. The summed E-state index contributed by atoms with van der Waals surface area (Å²) in [6.45, 7) is 6.32. The zero-order valence-corrected chi connectivity index (χ0v) is 12.2. The van der Waals surface area contributed by atoms with Gasteiger partial charge in [0.25, 0.3) is 0 Å². The molecule has 0 saturated carbocycles. The molecule has 0 radical (unpaired) electrons. The molecule has 0 bridgehead atoms. The minimum atomic E-state index is -0.0433. The van der Waals surface area contributed by atoms with Crippen LogP contribution in [0.3, 0.4) is 0 Å². The first-order valence-corrected chi connectivity index (χ1v) is 6.72. The van der Waals surface area contributed by atoms with E-state index in [-0.39, 0.29) is 12.5 Å². The van der Waals surface area contributed by atoms with Crippen LogP contribution in [0.25, 0.3) is 0 Å². The predicted molar refractivity (Wildman–Crippen MR) is 84.2 cm³/mol. The number of nitrogens with one attached hydrogen (secondary N) is 2. The molecular formula is C17H20N2O. The van der Waals surface area contributed by atoms with Gasteiger partial charge in [-0.3, -0.25) is 4.79 Å². The maximum Gasteiger partial charge on any atom is 0.243 e. The molecule has 0 spiro atoms. The second-order valence-corrected chi connectivity index (χ2v) is 5.09. The van der Waals surface area contributed by atoms with E-state index < -0.39 is 0 Å². The minimum absolute atomic E-state index is 0.0433. The van der Waals surface area contributed by atoms with Gasteiger partial charge in [-0.15, -0.1) is 0 Å². The fraction of sp³-hybridized carbons (Fsp3) is 0.235. The number of aryl methyl sites for hydroxylation is 3. The van der Waals surface area contributed by atoms with Gasteiger partial charge in [0, 0.05) is 11.4 Å². The number of hydrogen-bond acceptors (Lipinski definition) is 2. The van der Waals surface area contributed by atoms with Crippen molar-refractivity contribution in [1.29, 1.82) is 0 Å². The Bertz CT molecular complexity index is 600. The minimum Gasteiger partial charge on any atom is -0.376 e. The highest BCUT2D eigenvalue weighted by atomic mass is 16.1. The van der Waals surface area contributed by atoms with E-state index in [0.717, 1.165) is 28.1 Å². The largest absolute Gasteiger partial charge is 0.376 e. The lowest BCUT2D eigenvalue weighted by atomic mass is 10.1. The van der Waals surface area contributed by atoms with Crippen LogP contribution in [0.4, 0.5) is 11.4 Å². The van der Waals surface area contributed by atoms with Crippen molar-refractivity contribution < 1.29 is 4.79 Å². The van der Waals surface area contributed by atoms with Crippen LogP contribution in [0.2, 0.25) is 0 Å². The number of carbonyl (C=O) groups excluding carboxylic acids is 1. The molecule has 2 aromatic rings. The number of amides is 1. The summed E-state index contributed by atoms with van der Waals surface area (Å²) in [5, 5.41) is 6.06. The Balaban J connectivity index is 1.94. The molecule has 2 rings (SSSR count). The Labute approximate surface area is 120 Å². The van der Waals surface area contributed by atoms with Crippen LogP contribution >= 0.6 is 0 Å². The highest BCUT2D eigenvalue weighted by Gasteiger charge is 2.04. The van der Waals surface area contributed by atoms with Crippen molar-refractivity contribution in [2.24, 2.45) is 0 Å². The van der Waals surface area contributed by atoms with Gasteiger partial charge >= 0.3 is 0 Å². The van der Waals surface area contributed by atoms with E-state index in [0.29, 0.717) is 0 Å². The van der Waals surface area contributed by atoms with Crippen LogP contribution in [0, 0.1) is 20.8 Å². The second kappa shape index (κ2) is 6.24. The van der Waals surface area contributed by atoms with Crippen molar-refractivity contribution in [3.8, 4) is 0 Å². The average Bonchev–Trinajstić information content (AvgIpc) is 2.36. The Hall–Kier alpha value is -2.29. The Morgan fingerprint density at radius 1 is 1.00 bits per heavy atom. The van der Waals surface area contributed by atoms with E-state index in [2.05, 4.69) is 16.7 Å². The number of rotatable bonds is 4. The molecule has 0 aliphatic heterocycles. The lowest BCUT2D eigenvalue weighted by Crippen LogP contribution is -2.22. The van der Waals surface area contributed by atoms with Gasteiger partial charge < -0.3 is 10.6 Å². The zero-order valence-electron chi connectivity index (χ0n) is 12.2. The van der Waals surface area contributed by atoms with Crippen molar-refractivity contribution in [1.82, 2.24) is 0 Å². The topological polar surface area (TPSA) is 41.1 Å². The van der Waals surface area contributed by atoms with Crippen molar-refractivity contribution in [3.63, 3.8) is 0 Å². The fourth-order valence-electron chi connectivity index (χ4n) is 2.20. The third kappa shape index (κ3) is 3.85. The van der Waals surface area contributed by atoms with Crippen LogP contribution < -0.4 is 10.6 Å². The molecule has 0 aromatic heterocycles. The first-order chi connectivity index (χ1) is 9.54. The molecule has 0 heterocycles. The average molecular weight is 268 g/mol. The summed E-state index contributed by atoms with van der Waals surface area (Å²) in [5.41, 5.74) is 5.26. The fourth-order valence-corrected chi connectivity index (χ4v) is 2.20. The molecule has 2 aromatic carbocycles. The van der Waals surface area contributed by atoms with Gasteiger partial charge in [0.1, 0.15) is 0 Å². The molecule has 20 heavy (non-hydrogen) atoms. The van der Waals surface area contributed by atoms with Crippen molar-refractivity contribution in [2.45, 2.75) is 20.8 Å². The van der Waals surface area contributed by atoms with Crippen LogP contribution in [0.1, 0.15) is 16.7 Å². The molecule has 104 valence electrons. The SMILES string of the molecule is Cc1cc(C)cc(NC(=O)CNc2ccccc2C)c1. The lowest BCUT2D eigenvalue weighted by molar-refractivity contribution is -0.114. The van der Waals surface area contributed by atoms with Crippen LogP contribution in [-0.4, -0.2) is 12.5 Å². The molecule has 0 aliphatic rings. The summed E-state index contributed by atoms with van der Waals surface area (Å²) in [4.78, 5) is 11.9. The molecule has 0 fully saturated rings. The smallest absolute Gasteiger partial charge is 0.243 e. The highest BCUT2D eigenvalue weighted by Crippen LogP contribution is 2.15. The molecule has 0 unspecified atom stereocenters. The van der Waals surface area contributed by atoms with Crippen LogP contribution in [-0.2, 0) is 4.79 Å². The second-order valence-electron chi connectivity index (χ2n) is 5.09. The first kappa shape index (κ1) is 14.1. The summed E-state index contributed by atoms with van der Waals surface area (Å²) in [6, 6.07) is 14.0. The molecule has 1 amide bonds. The van der Waals surface area contributed by atoms with E-state index in [4.69, 9.17) is 0 Å². The van der Waals surface area contributed by atoms with Gasteiger partial charge in [0.2, 0.25) is 5.91 Å². The van der Waals surface area contributed by atoms with Crippen molar-refractivity contribution in [2.75, 3.05) is 17.2 Å². The monoisotopic (exact) mass is 268 g/mol. The summed E-state index contributed by atoms with van der Waals surface area (Å²) in [7, 11) is 0. The highest BCUT2D eigenvalue weighted by molar-refractivity contribution is 5.94. The van der Waals surface area contributed by atoms with E-state index in [1.807, 2.05) is 57.2 Å². The summed E-state index contributed by atoms with van der Waals surface area (Å²) < 4.78 is 0. The maximum atomic E-state index is 11.9. The summed E-state index contributed by atoms with van der Waals surface area (Å²) >= 11 is 0. The number of benzene rings is 2. The van der Waals surface area contributed by atoms with Gasteiger partial charge in [-0.1, -0.05) is 24.3 Å². The number of para-hydroxylation sites is 1. The molecule has 0 atom stereocenters. The quantitative estimate of drug-likeness (QED) is 0.888. The molecule has 3 nitrogen and oxygen atoms in total. The first-order valence-electron chi connectivity index (χ1n) is 6.72. The molecule has 2 N–H and O–H groups in total. The van der Waals surface area contributed by atoms with Crippen LogP contribution in [0.15, 0.2) is 42.5 Å². The van der Waals surface area contributed by atoms with Gasteiger partial charge in [0.15, 0.2) is 0 Å². The zero-order chi connectivity index (χ0) is 14.5. The van der Waals surface area contributed by atoms with E-state index in [1.165, 1.54) is 0 Å². The van der Waals surface area contributed by atoms with Gasteiger partial charge in [-0.25, -0.2) is 0 Å². The number of carbonyl (C=O) groups is 1.